The Labute approximate surface area is 98.7 Å². The molecular weight excluding hydrogens is 196 g/mol. The van der Waals surface area contributed by atoms with Gasteiger partial charge in [0.1, 0.15) is 0 Å². The Balaban J connectivity index is 2.22. The Morgan fingerprint density at radius 2 is 2.00 bits per heavy atom. The first-order valence-corrected chi connectivity index (χ1v) is 6.19. The summed E-state index contributed by atoms with van der Waals surface area (Å²) < 4.78 is 0. The van der Waals surface area contributed by atoms with Gasteiger partial charge in [-0.1, -0.05) is 25.1 Å². The zero-order valence-corrected chi connectivity index (χ0v) is 10.5. The Morgan fingerprint density at radius 3 is 2.62 bits per heavy atom. The van der Waals surface area contributed by atoms with E-state index in [9.17, 15) is 0 Å². The van der Waals surface area contributed by atoms with Crippen LogP contribution >= 0.6 is 0 Å². The normalized spacial score (nSPS) is 24.4. The molecule has 1 fully saturated rings. The lowest BCUT2D eigenvalue weighted by Crippen LogP contribution is -2.61. The molecule has 88 valence electrons. The summed E-state index contributed by atoms with van der Waals surface area (Å²) in [5, 5.41) is 3.62. The molecular formula is C14H22N2. The average molecular weight is 218 g/mol. The number of piperazine rings is 1. The summed E-state index contributed by atoms with van der Waals surface area (Å²) in [6.45, 7) is 8.97. The SMILES string of the molecule is CCC1CNC(C)(C)CN1c1ccccc1. The highest BCUT2D eigenvalue weighted by molar-refractivity contribution is 5.48. The minimum absolute atomic E-state index is 0.210. The molecule has 0 amide bonds. The molecule has 0 saturated carbocycles. The third-order valence-corrected chi connectivity index (χ3v) is 3.38. The molecule has 2 nitrogen and oxygen atoms in total. The van der Waals surface area contributed by atoms with E-state index >= 15 is 0 Å². The minimum atomic E-state index is 0.210. The van der Waals surface area contributed by atoms with Crippen LogP contribution in [0.15, 0.2) is 30.3 Å². The molecule has 0 aliphatic carbocycles. The number of hydrogen-bond donors (Lipinski definition) is 1. The molecule has 0 spiro atoms. The van der Waals surface area contributed by atoms with Crippen LogP contribution in [0.2, 0.25) is 0 Å². The van der Waals surface area contributed by atoms with Crippen molar-refractivity contribution in [3.8, 4) is 0 Å². The standard InChI is InChI=1S/C14H22N2/c1-4-12-10-15-14(2,3)11-16(12)13-8-6-5-7-9-13/h5-9,12,15H,4,10-11H2,1-3H3. The Kier molecular flexibility index (Phi) is 3.20. The molecule has 1 unspecified atom stereocenters. The third-order valence-electron chi connectivity index (χ3n) is 3.38. The van der Waals surface area contributed by atoms with E-state index in [1.165, 1.54) is 12.1 Å². The number of nitrogens with one attached hydrogen (secondary N) is 1. The van der Waals surface area contributed by atoms with Crippen molar-refractivity contribution in [3.05, 3.63) is 30.3 Å². The smallest absolute Gasteiger partial charge is 0.0412 e. The second-order valence-corrected chi connectivity index (χ2v) is 5.29. The highest BCUT2D eigenvalue weighted by atomic mass is 15.2. The molecule has 1 N–H and O–H groups in total. The van der Waals surface area contributed by atoms with Gasteiger partial charge in [0.15, 0.2) is 0 Å². The van der Waals surface area contributed by atoms with E-state index in [1.54, 1.807) is 0 Å². The first-order chi connectivity index (χ1) is 7.62. The predicted molar refractivity (Wildman–Crippen MR) is 69.9 cm³/mol. The lowest BCUT2D eigenvalue weighted by Gasteiger charge is -2.45. The number of para-hydroxylation sites is 1. The summed E-state index contributed by atoms with van der Waals surface area (Å²) in [7, 11) is 0. The zero-order chi connectivity index (χ0) is 11.6. The fourth-order valence-electron chi connectivity index (χ4n) is 2.40. The number of rotatable bonds is 2. The molecule has 1 aromatic rings. The van der Waals surface area contributed by atoms with Crippen LogP contribution in [0, 0.1) is 0 Å². The van der Waals surface area contributed by atoms with Gasteiger partial charge in [-0.15, -0.1) is 0 Å². The zero-order valence-electron chi connectivity index (χ0n) is 10.5. The molecule has 1 aromatic carbocycles. The highest BCUT2D eigenvalue weighted by Gasteiger charge is 2.31. The molecule has 1 aliphatic rings. The second-order valence-electron chi connectivity index (χ2n) is 5.29. The second kappa shape index (κ2) is 4.46. The van der Waals surface area contributed by atoms with E-state index in [0.29, 0.717) is 6.04 Å². The molecule has 0 aromatic heterocycles. The van der Waals surface area contributed by atoms with E-state index < -0.39 is 0 Å². The molecule has 1 aliphatic heterocycles. The quantitative estimate of drug-likeness (QED) is 0.821. The van der Waals surface area contributed by atoms with Gasteiger partial charge in [0, 0.05) is 30.4 Å². The van der Waals surface area contributed by atoms with Crippen molar-refractivity contribution in [2.24, 2.45) is 0 Å². The van der Waals surface area contributed by atoms with E-state index in [1.807, 2.05) is 0 Å². The van der Waals surface area contributed by atoms with Gasteiger partial charge in [0.25, 0.3) is 0 Å². The largest absolute Gasteiger partial charge is 0.365 e. The number of benzene rings is 1. The molecule has 2 heteroatoms. The maximum atomic E-state index is 3.62. The molecule has 1 heterocycles. The fourth-order valence-corrected chi connectivity index (χ4v) is 2.40. The van der Waals surface area contributed by atoms with Crippen molar-refractivity contribution < 1.29 is 0 Å². The van der Waals surface area contributed by atoms with Gasteiger partial charge in [0.05, 0.1) is 0 Å². The Hall–Kier alpha value is -1.02. The van der Waals surface area contributed by atoms with Crippen molar-refractivity contribution in [2.75, 3.05) is 18.0 Å². The Bertz CT molecular complexity index is 332. The summed E-state index contributed by atoms with van der Waals surface area (Å²) >= 11 is 0. The topological polar surface area (TPSA) is 15.3 Å². The average Bonchev–Trinajstić information content (AvgIpc) is 2.29. The van der Waals surface area contributed by atoms with E-state index in [-0.39, 0.29) is 5.54 Å². The number of hydrogen-bond acceptors (Lipinski definition) is 2. The summed E-state index contributed by atoms with van der Waals surface area (Å²) in [4.78, 5) is 2.54. The van der Waals surface area contributed by atoms with Gasteiger partial charge in [-0.25, -0.2) is 0 Å². The van der Waals surface area contributed by atoms with Crippen LogP contribution in [-0.2, 0) is 0 Å². The van der Waals surface area contributed by atoms with Crippen LogP contribution in [0.25, 0.3) is 0 Å². The van der Waals surface area contributed by atoms with Crippen LogP contribution in [0.1, 0.15) is 27.2 Å². The lowest BCUT2D eigenvalue weighted by atomic mass is 9.97. The summed E-state index contributed by atoms with van der Waals surface area (Å²) in [6.07, 6.45) is 1.19. The molecule has 0 radical (unpaired) electrons. The van der Waals surface area contributed by atoms with E-state index in [0.717, 1.165) is 13.1 Å². The summed E-state index contributed by atoms with van der Waals surface area (Å²) in [5.41, 5.74) is 1.56. The highest BCUT2D eigenvalue weighted by Crippen LogP contribution is 2.24. The van der Waals surface area contributed by atoms with Gasteiger partial charge >= 0.3 is 0 Å². The Morgan fingerprint density at radius 1 is 1.31 bits per heavy atom. The van der Waals surface area contributed by atoms with Crippen LogP contribution in [0.3, 0.4) is 0 Å². The predicted octanol–water partition coefficient (Wildman–Crippen LogP) is 2.65. The first kappa shape index (κ1) is 11.5. The summed E-state index contributed by atoms with van der Waals surface area (Å²) in [5.74, 6) is 0. The lowest BCUT2D eigenvalue weighted by molar-refractivity contribution is 0.306. The van der Waals surface area contributed by atoms with Crippen molar-refractivity contribution >= 4 is 5.69 Å². The molecule has 2 rings (SSSR count). The first-order valence-electron chi connectivity index (χ1n) is 6.19. The van der Waals surface area contributed by atoms with Gasteiger partial charge in [-0.05, 0) is 32.4 Å². The van der Waals surface area contributed by atoms with E-state index in [2.05, 4.69) is 61.3 Å². The maximum Gasteiger partial charge on any atom is 0.0412 e. The summed E-state index contributed by atoms with van der Waals surface area (Å²) in [6, 6.07) is 11.4. The number of anilines is 1. The number of nitrogens with zero attached hydrogens (tertiary/aromatic N) is 1. The van der Waals surface area contributed by atoms with Gasteiger partial charge in [0.2, 0.25) is 0 Å². The maximum absolute atomic E-state index is 3.62. The van der Waals surface area contributed by atoms with Gasteiger partial charge in [-0.2, -0.15) is 0 Å². The van der Waals surface area contributed by atoms with Crippen molar-refractivity contribution in [2.45, 2.75) is 38.8 Å². The molecule has 1 saturated heterocycles. The van der Waals surface area contributed by atoms with Gasteiger partial charge in [-0.3, -0.25) is 0 Å². The van der Waals surface area contributed by atoms with Crippen LogP contribution in [0.4, 0.5) is 5.69 Å². The fraction of sp³-hybridized carbons (Fsp3) is 0.571. The van der Waals surface area contributed by atoms with Crippen LogP contribution < -0.4 is 10.2 Å². The van der Waals surface area contributed by atoms with Crippen LogP contribution in [-0.4, -0.2) is 24.7 Å². The van der Waals surface area contributed by atoms with Crippen molar-refractivity contribution in [1.29, 1.82) is 0 Å². The molecule has 1 atom stereocenters. The molecule has 16 heavy (non-hydrogen) atoms. The monoisotopic (exact) mass is 218 g/mol. The van der Waals surface area contributed by atoms with Crippen molar-refractivity contribution in [1.82, 2.24) is 5.32 Å². The van der Waals surface area contributed by atoms with E-state index in [4.69, 9.17) is 0 Å². The van der Waals surface area contributed by atoms with Crippen molar-refractivity contribution in [3.63, 3.8) is 0 Å². The third kappa shape index (κ3) is 2.38. The minimum Gasteiger partial charge on any atom is -0.365 e. The van der Waals surface area contributed by atoms with Gasteiger partial charge < -0.3 is 10.2 Å². The van der Waals surface area contributed by atoms with Crippen LogP contribution in [0.5, 0.6) is 0 Å². The molecule has 0 bridgehead atoms.